The molecule has 0 aliphatic carbocycles. The first-order chi connectivity index (χ1) is 13.9. The number of hydrogen-bond donors (Lipinski definition) is 2. The number of methoxy groups -OCH3 is 1. The van der Waals surface area contributed by atoms with E-state index in [1.54, 1.807) is 0 Å². The summed E-state index contributed by atoms with van der Waals surface area (Å²) in [6.45, 7) is 3.38. The second-order valence-corrected chi connectivity index (χ2v) is 7.13. The Morgan fingerprint density at radius 1 is 1.28 bits per heavy atom. The SMILES string of the molecule is COCCn1c(N)c(C(=O)CN2CC(C)OC(c3ccccc3)C2)c(=O)[nH]c1=O. The van der Waals surface area contributed by atoms with Crippen LogP contribution in [0.3, 0.4) is 0 Å². The number of Topliss-reactive ketones (excluding diaryl/α,β-unsaturated/α-hetero) is 1. The number of nitrogens with two attached hydrogens (primary N) is 1. The molecule has 1 saturated heterocycles. The minimum Gasteiger partial charge on any atom is -0.384 e. The molecule has 29 heavy (non-hydrogen) atoms. The molecule has 1 aliphatic rings. The number of carbonyl (C=O) groups is 1. The fourth-order valence-corrected chi connectivity index (χ4v) is 3.56. The van der Waals surface area contributed by atoms with Crippen molar-refractivity contribution in [2.75, 3.05) is 39.1 Å². The van der Waals surface area contributed by atoms with Gasteiger partial charge in [-0.1, -0.05) is 30.3 Å². The Kier molecular flexibility index (Phi) is 6.63. The molecule has 156 valence electrons. The van der Waals surface area contributed by atoms with Gasteiger partial charge < -0.3 is 15.2 Å². The number of H-pyrrole nitrogens is 1. The highest BCUT2D eigenvalue weighted by Crippen LogP contribution is 2.25. The number of anilines is 1. The normalized spacial score (nSPS) is 19.9. The third-order valence-electron chi connectivity index (χ3n) is 4.91. The van der Waals surface area contributed by atoms with Crippen LogP contribution in [0.1, 0.15) is 28.9 Å². The summed E-state index contributed by atoms with van der Waals surface area (Å²) >= 11 is 0. The van der Waals surface area contributed by atoms with Crippen LogP contribution in [-0.2, 0) is 16.0 Å². The number of aromatic nitrogens is 2. The van der Waals surface area contributed by atoms with E-state index in [0.717, 1.165) is 10.1 Å². The average molecular weight is 402 g/mol. The molecule has 0 bridgehead atoms. The molecular formula is C20H26N4O5. The van der Waals surface area contributed by atoms with E-state index >= 15 is 0 Å². The molecule has 0 spiro atoms. The third kappa shape index (κ3) is 4.81. The molecule has 3 rings (SSSR count). The predicted molar refractivity (Wildman–Crippen MR) is 108 cm³/mol. The van der Waals surface area contributed by atoms with E-state index in [4.69, 9.17) is 15.2 Å². The number of rotatable bonds is 7. The van der Waals surface area contributed by atoms with Gasteiger partial charge in [0.05, 0.1) is 31.9 Å². The molecule has 1 fully saturated rings. The highest BCUT2D eigenvalue weighted by atomic mass is 16.5. The molecule has 2 unspecified atom stereocenters. The third-order valence-corrected chi connectivity index (χ3v) is 4.91. The number of nitrogens with one attached hydrogen (secondary N) is 1. The number of ketones is 1. The van der Waals surface area contributed by atoms with Crippen LogP contribution >= 0.6 is 0 Å². The maximum absolute atomic E-state index is 12.9. The molecule has 2 atom stereocenters. The van der Waals surface area contributed by atoms with Gasteiger partial charge in [-0.3, -0.25) is 24.0 Å². The molecule has 2 aromatic rings. The van der Waals surface area contributed by atoms with Crippen LogP contribution in [0.4, 0.5) is 5.82 Å². The van der Waals surface area contributed by atoms with Gasteiger partial charge >= 0.3 is 5.69 Å². The molecule has 1 aromatic heterocycles. The summed E-state index contributed by atoms with van der Waals surface area (Å²) < 4.78 is 12.1. The molecule has 9 nitrogen and oxygen atoms in total. The molecule has 0 amide bonds. The number of hydrogen-bond acceptors (Lipinski definition) is 7. The molecular weight excluding hydrogens is 376 g/mol. The second kappa shape index (κ2) is 9.17. The molecule has 2 heterocycles. The lowest BCUT2D eigenvalue weighted by Gasteiger charge is -2.36. The fourth-order valence-electron chi connectivity index (χ4n) is 3.56. The van der Waals surface area contributed by atoms with Crippen molar-refractivity contribution in [1.82, 2.24) is 14.5 Å². The monoisotopic (exact) mass is 402 g/mol. The highest BCUT2D eigenvalue weighted by molar-refractivity contribution is 6.01. The second-order valence-electron chi connectivity index (χ2n) is 7.13. The average Bonchev–Trinajstić information content (AvgIpc) is 2.67. The van der Waals surface area contributed by atoms with Gasteiger partial charge in [0.15, 0.2) is 5.78 Å². The van der Waals surface area contributed by atoms with Crippen molar-refractivity contribution in [2.45, 2.75) is 25.7 Å². The first-order valence-corrected chi connectivity index (χ1v) is 9.48. The number of nitrogen functional groups attached to an aromatic ring is 1. The number of carbonyl (C=O) groups excluding carboxylic acids is 1. The van der Waals surface area contributed by atoms with Crippen molar-refractivity contribution in [2.24, 2.45) is 0 Å². The van der Waals surface area contributed by atoms with Crippen molar-refractivity contribution < 1.29 is 14.3 Å². The minimum absolute atomic E-state index is 0.00674. The zero-order valence-electron chi connectivity index (χ0n) is 16.6. The molecule has 1 aliphatic heterocycles. The molecule has 0 saturated carbocycles. The Hall–Kier alpha value is -2.75. The molecule has 9 heteroatoms. The van der Waals surface area contributed by atoms with Crippen LogP contribution in [0.25, 0.3) is 0 Å². The van der Waals surface area contributed by atoms with Gasteiger partial charge in [-0.05, 0) is 12.5 Å². The topological polar surface area (TPSA) is 120 Å². The van der Waals surface area contributed by atoms with Gasteiger partial charge in [0.25, 0.3) is 5.56 Å². The summed E-state index contributed by atoms with van der Waals surface area (Å²) in [4.78, 5) is 41.3. The van der Waals surface area contributed by atoms with Gasteiger partial charge in [-0.2, -0.15) is 0 Å². The predicted octanol–water partition coefficient (Wildman–Crippen LogP) is 0.410. The van der Waals surface area contributed by atoms with Crippen molar-refractivity contribution in [3.63, 3.8) is 0 Å². The first-order valence-electron chi connectivity index (χ1n) is 9.48. The summed E-state index contributed by atoms with van der Waals surface area (Å²) in [5.74, 6) is -0.572. The van der Waals surface area contributed by atoms with E-state index in [2.05, 4.69) is 4.98 Å². The maximum atomic E-state index is 12.9. The van der Waals surface area contributed by atoms with E-state index in [0.29, 0.717) is 13.1 Å². The van der Waals surface area contributed by atoms with E-state index in [1.807, 2.05) is 42.2 Å². The van der Waals surface area contributed by atoms with Gasteiger partial charge in [0.1, 0.15) is 11.4 Å². The Labute approximate surface area is 168 Å². The number of ether oxygens (including phenoxy) is 2. The maximum Gasteiger partial charge on any atom is 0.330 e. The molecule has 0 radical (unpaired) electrons. The van der Waals surface area contributed by atoms with Crippen molar-refractivity contribution in [3.8, 4) is 0 Å². The van der Waals surface area contributed by atoms with Crippen LogP contribution in [0.15, 0.2) is 39.9 Å². The largest absolute Gasteiger partial charge is 0.384 e. The van der Waals surface area contributed by atoms with Crippen molar-refractivity contribution >= 4 is 11.6 Å². The Morgan fingerprint density at radius 2 is 2.00 bits per heavy atom. The Balaban J connectivity index is 1.81. The number of aromatic amines is 1. The molecule has 3 N–H and O–H groups in total. The first kappa shape index (κ1) is 21.0. The summed E-state index contributed by atoms with van der Waals surface area (Å²) in [5.41, 5.74) is 5.40. The quantitative estimate of drug-likeness (QED) is 0.644. The van der Waals surface area contributed by atoms with Gasteiger partial charge in [-0.25, -0.2) is 4.79 Å². The van der Waals surface area contributed by atoms with E-state index < -0.39 is 17.0 Å². The van der Waals surface area contributed by atoms with Gasteiger partial charge in [-0.15, -0.1) is 0 Å². The van der Waals surface area contributed by atoms with E-state index in [-0.39, 0.29) is 43.3 Å². The number of nitrogens with zero attached hydrogens (tertiary/aromatic N) is 2. The van der Waals surface area contributed by atoms with Gasteiger partial charge in [0, 0.05) is 20.2 Å². The molecule has 1 aromatic carbocycles. The van der Waals surface area contributed by atoms with Crippen LogP contribution in [0.5, 0.6) is 0 Å². The lowest BCUT2D eigenvalue weighted by atomic mass is 10.1. The zero-order chi connectivity index (χ0) is 21.0. The summed E-state index contributed by atoms with van der Waals surface area (Å²) in [6.07, 6.45) is -0.243. The zero-order valence-corrected chi connectivity index (χ0v) is 16.6. The van der Waals surface area contributed by atoms with E-state index in [9.17, 15) is 14.4 Å². The summed E-state index contributed by atoms with van der Waals surface area (Å²) in [5, 5.41) is 0. The van der Waals surface area contributed by atoms with Crippen LogP contribution in [0, 0.1) is 0 Å². The number of benzene rings is 1. The Bertz CT molecular complexity index is 969. The smallest absolute Gasteiger partial charge is 0.330 e. The van der Waals surface area contributed by atoms with Crippen LogP contribution < -0.4 is 17.0 Å². The van der Waals surface area contributed by atoms with Crippen LogP contribution in [0.2, 0.25) is 0 Å². The lowest BCUT2D eigenvalue weighted by molar-refractivity contribution is -0.0762. The summed E-state index contributed by atoms with van der Waals surface area (Å²) in [7, 11) is 1.49. The lowest BCUT2D eigenvalue weighted by Crippen LogP contribution is -2.46. The van der Waals surface area contributed by atoms with E-state index in [1.165, 1.54) is 7.11 Å². The van der Waals surface area contributed by atoms with Crippen molar-refractivity contribution in [3.05, 3.63) is 62.3 Å². The van der Waals surface area contributed by atoms with Crippen molar-refractivity contribution in [1.29, 1.82) is 0 Å². The number of morpholine rings is 1. The standard InChI is InChI=1S/C20H26N4O5/c1-13-10-23(12-16(29-13)14-6-4-3-5-7-14)11-15(25)17-18(21)24(8-9-28-2)20(27)22-19(17)26/h3-7,13,16H,8-12,21H2,1-2H3,(H,22,26,27). The highest BCUT2D eigenvalue weighted by Gasteiger charge is 2.29. The fraction of sp³-hybridized carbons (Fsp3) is 0.450. The van der Waals surface area contributed by atoms with Crippen LogP contribution in [-0.4, -0.2) is 59.7 Å². The minimum atomic E-state index is -0.771. The Morgan fingerprint density at radius 3 is 2.69 bits per heavy atom. The summed E-state index contributed by atoms with van der Waals surface area (Å²) in [6, 6.07) is 9.78. The van der Waals surface area contributed by atoms with Gasteiger partial charge in [0.2, 0.25) is 0 Å².